The highest BCUT2D eigenvalue weighted by molar-refractivity contribution is 7.99. The lowest BCUT2D eigenvalue weighted by molar-refractivity contribution is -0.142. The topological polar surface area (TPSA) is 113 Å². The van der Waals surface area contributed by atoms with Crippen molar-refractivity contribution in [1.29, 1.82) is 0 Å². The minimum absolute atomic E-state index is 0.125. The zero-order valence-electron chi connectivity index (χ0n) is 8.51. The second-order valence-electron chi connectivity index (χ2n) is 3.31. The van der Waals surface area contributed by atoms with Crippen LogP contribution < -0.4 is 11.1 Å². The van der Waals surface area contributed by atoms with Crippen molar-refractivity contribution >= 4 is 29.7 Å². The van der Waals surface area contributed by atoms with E-state index in [-0.39, 0.29) is 6.54 Å². The number of primary amides is 1. The van der Waals surface area contributed by atoms with Crippen molar-refractivity contribution in [3.63, 3.8) is 0 Å². The maximum absolute atomic E-state index is 11.2. The molecule has 7 nitrogen and oxygen atoms in total. The normalized spacial score (nSPS) is 21.4. The summed E-state index contributed by atoms with van der Waals surface area (Å²) < 4.78 is 0. The van der Waals surface area contributed by atoms with E-state index in [4.69, 9.17) is 10.8 Å². The minimum Gasteiger partial charge on any atom is -0.480 e. The van der Waals surface area contributed by atoms with Crippen LogP contribution in [0.2, 0.25) is 0 Å². The number of thioether (sulfide) groups is 1. The molecule has 1 heterocycles. The van der Waals surface area contributed by atoms with Crippen molar-refractivity contribution in [2.75, 3.05) is 24.6 Å². The number of imide groups is 1. The summed E-state index contributed by atoms with van der Waals surface area (Å²) in [5, 5.41) is 10.8. The summed E-state index contributed by atoms with van der Waals surface area (Å²) in [5.41, 5.74) is 4.78. The molecule has 0 saturated carbocycles. The van der Waals surface area contributed by atoms with Crippen LogP contribution in [0.3, 0.4) is 0 Å². The molecule has 1 aliphatic rings. The molecule has 0 spiro atoms. The number of nitrogens with two attached hydrogens (primary N) is 1. The van der Waals surface area contributed by atoms with E-state index in [9.17, 15) is 14.4 Å². The smallest absolute Gasteiger partial charge is 0.321 e. The lowest BCUT2D eigenvalue weighted by Crippen LogP contribution is -2.52. The number of carbonyl (C=O) groups is 3. The summed E-state index contributed by atoms with van der Waals surface area (Å²) >= 11 is 1.53. The predicted octanol–water partition coefficient (Wildman–Crippen LogP) is -1.32. The molecule has 1 rings (SSSR count). The molecule has 0 aromatic heterocycles. The molecule has 1 atom stereocenters. The number of carboxylic acid groups (broad SMARTS) is 1. The monoisotopic (exact) mass is 247 g/mol. The fourth-order valence-corrected chi connectivity index (χ4v) is 2.52. The summed E-state index contributed by atoms with van der Waals surface area (Å²) in [6, 6.07) is -1.61. The van der Waals surface area contributed by atoms with Crippen LogP contribution in [-0.4, -0.2) is 58.6 Å². The molecule has 8 heteroatoms. The zero-order valence-corrected chi connectivity index (χ0v) is 9.33. The maximum atomic E-state index is 11.2. The summed E-state index contributed by atoms with van der Waals surface area (Å²) in [6.45, 7) is 0.383. The SMILES string of the molecule is NC(=O)NC(=O)CN1CCSCC1C(=O)O. The average Bonchev–Trinajstić information content (AvgIpc) is 2.16. The third-order valence-corrected chi connectivity index (χ3v) is 3.16. The fourth-order valence-electron chi connectivity index (χ4n) is 1.42. The standard InChI is InChI=1S/C8H13N3O4S/c9-8(15)10-6(12)3-11-1-2-16-4-5(11)7(13)14/h5H,1-4H2,(H,13,14)(H3,9,10,12,15). The van der Waals surface area contributed by atoms with Gasteiger partial charge in [0.1, 0.15) is 6.04 Å². The predicted molar refractivity (Wildman–Crippen MR) is 58.0 cm³/mol. The van der Waals surface area contributed by atoms with Crippen LogP contribution >= 0.6 is 11.8 Å². The lowest BCUT2D eigenvalue weighted by Gasteiger charge is -2.31. The van der Waals surface area contributed by atoms with Crippen molar-refractivity contribution in [3.05, 3.63) is 0 Å². The van der Waals surface area contributed by atoms with Crippen molar-refractivity contribution in [1.82, 2.24) is 10.2 Å². The number of rotatable bonds is 3. The van der Waals surface area contributed by atoms with E-state index < -0.39 is 23.9 Å². The molecular weight excluding hydrogens is 234 g/mol. The fraction of sp³-hybridized carbons (Fsp3) is 0.625. The second-order valence-corrected chi connectivity index (χ2v) is 4.46. The number of nitrogens with zero attached hydrogens (tertiary/aromatic N) is 1. The Hall–Kier alpha value is -1.28. The molecule has 0 aromatic rings. The van der Waals surface area contributed by atoms with Crippen molar-refractivity contribution in [3.8, 4) is 0 Å². The van der Waals surface area contributed by atoms with Gasteiger partial charge in [-0.2, -0.15) is 11.8 Å². The Kier molecular flexibility index (Phi) is 4.56. The number of carboxylic acids is 1. The largest absolute Gasteiger partial charge is 0.480 e. The molecule has 0 radical (unpaired) electrons. The highest BCUT2D eigenvalue weighted by Gasteiger charge is 2.30. The number of amides is 3. The first kappa shape index (κ1) is 12.8. The van der Waals surface area contributed by atoms with Gasteiger partial charge in [0.15, 0.2) is 0 Å². The first-order valence-electron chi connectivity index (χ1n) is 4.64. The number of aliphatic carboxylic acids is 1. The molecule has 3 amide bonds. The van der Waals surface area contributed by atoms with E-state index in [2.05, 4.69) is 0 Å². The molecule has 0 bridgehead atoms. The van der Waals surface area contributed by atoms with Gasteiger partial charge in [-0.15, -0.1) is 0 Å². The minimum atomic E-state index is -0.959. The summed E-state index contributed by atoms with van der Waals surface area (Å²) in [7, 11) is 0. The molecule has 1 fully saturated rings. The summed E-state index contributed by atoms with van der Waals surface area (Å²) in [6.07, 6.45) is 0. The second kappa shape index (κ2) is 5.71. The number of nitrogens with one attached hydrogen (secondary N) is 1. The third-order valence-electron chi connectivity index (χ3n) is 2.13. The average molecular weight is 247 g/mol. The van der Waals surface area contributed by atoms with Crippen molar-refractivity contribution in [2.45, 2.75) is 6.04 Å². The zero-order chi connectivity index (χ0) is 12.1. The molecule has 1 aliphatic heterocycles. The summed E-state index contributed by atoms with van der Waals surface area (Å²) in [4.78, 5) is 34.1. The maximum Gasteiger partial charge on any atom is 0.321 e. The van der Waals surface area contributed by atoms with E-state index in [0.29, 0.717) is 12.3 Å². The van der Waals surface area contributed by atoms with Crippen LogP contribution in [-0.2, 0) is 9.59 Å². The molecule has 4 N–H and O–H groups in total. The Morgan fingerprint density at radius 1 is 1.50 bits per heavy atom. The number of carbonyl (C=O) groups excluding carboxylic acids is 2. The molecule has 1 unspecified atom stereocenters. The van der Waals surface area contributed by atoms with Gasteiger partial charge in [0, 0.05) is 18.1 Å². The van der Waals surface area contributed by atoms with E-state index in [1.165, 1.54) is 16.7 Å². The Morgan fingerprint density at radius 3 is 2.75 bits per heavy atom. The van der Waals surface area contributed by atoms with Crippen LogP contribution in [0, 0.1) is 0 Å². The van der Waals surface area contributed by atoms with Gasteiger partial charge in [-0.05, 0) is 0 Å². The molecule has 1 saturated heterocycles. The van der Waals surface area contributed by atoms with Gasteiger partial charge in [-0.3, -0.25) is 19.8 Å². The third kappa shape index (κ3) is 3.70. The molecule has 0 aliphatic carbocycles. The van der Waals surface area contributed by atoms with Crippen LogP contribution in [0.4, 0.5) is 4.79 Å². The van der Waals surface area contributed by atoms with Gasteiger partial charge in [0.05, 0.1) is 6.54 Å². The van der Waals surface area contributed by atoms with E-state index >= 15 is 0 Å². The van der Waals surface area contributed by atoms with Crippen LogP contribution in [0.15, 0.2) is 0 Å². The quantitative estimate of drug-likeness (QED) is 0.570. The van der Waals surface area contributed by atoms with Gasteiger partial charge < -0.3 is 10.8 Å². The van der Waals surface area contributed by atoms with Gasteiger partial charge in [-0.25, -0.2) is 4.79 Å². The first-order chi connectivity index (χ1) is 7.50. The number of urea groups is 1. The molecule has 0 aromatic carbocycles. The van der Waals surface area contributed by atoms with E-state index in [0.717, 1.165) is 5.75 Å². The van der Waals surface area contributed by atoms with E-state index in [1.807, 2.05) is 5.32 Å². The number of hydrogen-bond donors (Lipinski definition) is 3. The molecule has 16 heavy (non-hydrogen) atoms. The Bertz CT molecular complexity index is 310. The van der Waals surface area contributed by atoms with Gasteiger partial charge in [-0.1, -0.05) is 0 Å². The lowest BCUT2D eigenvalue weighted by atomic mass is 10.2. The highest BCUT2D eigenvalue weighted by Crippen LogP contribution is 2.16. The van der Waals surface area contributed by atoms with E-state index in [1.54, 1.807) is 0 Å². The Balaban J connectivity index is 2.52. The van der Waals surface area contributed by atoms with Gasteiger partial charge in [0.25, 0.3) is 0 Å². The van der Waals surface area contributed by atoms with Crippen molar-refractivity contribution < 1.29 is 19.5 Å². The summed E-state index contributed by atoms with van der Waals surface area (Å²) in [5.74, 6) is -0.322. The van der Waals surface area contributed by atoms with Gasteiger partial charge in [0.2, 0.25) is 5.91 Å². The van der Waals surface area contributed by atoms with Gasteiger partial charge >= 0.3 is 12.0 Å². The first-order valence-corrected chi connectivity index (χ1v) is 5.80. The molecular formula is C8H13N3O4S. The van der Waals surface area contributed by atoms with Crippen molar-refractivity contribution in [2.24, 2.45) is 5.73 Å². The molecule has 90 valence electrons. The van der Waals surface area contributed by atoms with Crippen LogP contribution in [0.25, 0.3) is 0 Å². The highest BCUT2D eigenvalue weighted by atomic mass is 32.2. The number of hydrogen-bond acceptors (Lipinski definition) is 5. The Labute approximate surface area is 96.3 Å². The van der Waals surface area contributed by atoms with Crippen LogP contribution in [0.1, 0.15) is 0 Å². The Morgan fingerprint density at radius 2 is 2.19 bits per heavy atom. The van der Waals surface area contributed by atoms with Crippen LogP contribution in [0.5, 0.6) is 0 Å².